The SMILES string of the molecule is COc1ccc(-c2ncc(N(CCCCCNS(N)(=O)=O)C(=O)OCc3ccccc3)[nH]2)cc1. The number of amides is 1. The summed E-state index contributed by atoms with van der Waals surface area (Å²) in [6, 6.07) is 16.8. The van der Waals surface area contributed by atoms with Gasteiger partial charge in [-0.1, -0.05) is 36.8 Å². The summed E-state index contributed by atoms with van der Waals surface area (Å²) in [6.45, 7) is 0.754. The molecule has 0 radical (unpaired) electrons. The Balaban J connectivity index is 1.66. The monoisotopic (exact) mass is 487 g/mol. The molecule has 11 heteroatoms. The fraction of sp³-hybridized carbons (Fsp3) is 0.304. The molecule has 2 aromatic carbocycles. The molecule has 1 aromatic heterocycles. The second kappa shape index (κ2) is 12.2. The van der Waals surface area contributed by atoms with Gasteiger partial charge in [0.25, 0.3) is 10.2 Å². The molecule has 0 spiro atoms. The van der Waals surface area contributed by atoms with E-state index in [4.69, 9.17) is 14.6 Å². The first kappa shape index (κ1) is 25.2. The Labute approximate surface area is 199 Å². The fourth-order valence-corrected chi connectivity index (χ4v) is 3.67. The molecule has 0 atom stereocenters. The maximum absolute atomic E-state index is 12.9. The molecule has 0 fully saturated rings. The molecular formula is C23H29N5O5S. The molecule has 3 rings (SSSR count). The fourth-order valence-electron chi connectivity index (χ4n) is 3.24. The van der Waals surface area contributed by atoms with E-state index in [0.29, 0.717) is 37.4 Å². The quantitative estimate of drug-likeness (QED) is 0.335. The van der Waals surface area contributed by atoms with Crippen LogP contribution in [0.15, 0.2) is 60.8 Å². The number of nitrogens with two attached hydrogens (primary N) is 1. The first-order valence-corrected chi connectivity index (χ1v) is 12.4. The maximum atomic E-state index is 12.9. The van der Waals surface area contributed by atoms with Crippen LogP contribution in [0.1, 0.15) is 24.8 Å². The number of ether oxygens (including phenoxy) is 2. The van der Waals surface area contributed by atoms with E-state index < -0.39 is 16.3 Å². The molecule has 1 amide bonds. The number of rotatable bonds is 12. The zero-order valence-corrected chi connectivity index (χ0v) is 19.8. The molecular weight excluding hydrogens is 458 g/mol. The van der Waals surface area contributed by atoms with Gasteiger partial charge in [-0.15, -0.1) is 0 Å². The molecule has 0 saturated heterocycles. The minimum absolute atomic E-state index is 0.147. The number of aromatic nitrogens is 2. The normalized spacial score (nSPS) is 11.2. The van der Waals surface area contributed by atoms with E-state index in [1.165, 1.54) is 4.90 Å². The molecule has 0 unspecified atom stereocenters. The van der Waals surface area contributed by atoms with Crippen LogP contribution in [0.5, 0.6) is 5.75 Å². The van der Waals surface area contributed by atoms with E-state index in [-0.39, 0.29) is 13.2 Å². The third kappa shape index (κ3) is 7.87. The van der Waals surface area contributed by atoms with Crippen LogP contribution in [-0.2, 0) is 21.6 Å². The third-order valence-electron chi connectivity index (χ3n) is 5.00. The van der Waals surface area contributed by atoms with Crippen LogP contribution in [0.4, 0.5) is 10.6 Å². The summed E-state index contributed by atoms with van der Waals surface area (Å²) in [5.74, 6) is 1.85. The van der Waals surface area contributed by atoms with Gasteiger partial charge in [-0.05, 0) is 42.7 Å². The number of carbonyl (C=O) groups excluding carboxylic acids is 1. The Morgan fingerprint density at radius 1 is 1.09 bits per heavy atom. The number of carbonyl (C=O) groups is 1. The van der Waals surface area contributed by atoms with E-state index in [0.717, 1.165) is 16.9 Å². The Bertz CT molecular complexity index is 1150. The van der Waals surface area contributed by atoms with E-state index in [2.05, 4.69) is 14.7 Å². The summed E-state index contributed by atoms with van der Waals surface area (Å²) in [7, 11) is -2.10. The third-order valence-corrected chi connectivity index (χ3v) is 5.61. The Morgan fingerprint density at radius 3 is 2.50 bits per heavy atom. The maximum Gasteiger partial charge on any atom is 0.415 e. The number of anilines is 1. The van der Waals surface area contributed by atoms with Crippen LogP contribution < -0.4 is 19.5 Å². The zero-order valence-electron chi connectivity index (χ0n) is 18.9. The van der Waals surface area contributed by atoms with Gasteiger partial charge in [0, 0.05) is 18.7 Å². The van der Waals surface area contributed by atoms with Crippen molar-refractivity contribution >= 4 is 22.1 Å². The summed E-state index contributed by atoms with van der Waals surface area (Å²) in [5, 5.41) is 4.94. The van der Waals surface area contributed by atoms with Crippen molar-refractivity contribution in [3.05, 3.63) is 66.4 Å². The molecule has 0 aliphatic carbocycles. The van der Waals surface area contributed by atoms with Gasteiger partial charge in [0.05, 0.1) is 13.3 Å². The number of aromatic amines is 1. The van der Waals surface area contributed by atoms with Gasteiger partial charge >= 0.3 is 6.09 Å². The Kier molecular flexibility index (Phi) is 9.02. The molecule has 1 heterocycles. The van der Waals surface area contributed by atoms with Crippen LogP contribution in [0.2, 0.25) is 0 Å². The molecule has 0 bridgehead atoms. The molecule has 0 saturated carbocycles. The van der Waals surface area contributed by atoms with Crippen molar-refractivity contribution in [2.75, 3.05) is 25.1 Å². The van der Waals surface area contributed by atoms with E-state index in [1.807, 2.05) is 54.6 Å². The van der Waals surface area contributed by atoms with Crippen molar-refractivity contribution in [1.82, 2.24) is 14.7 Å². The number of unbranched alkanes of at least 4 members (excludes halogenated alkanes) is 2. The van der Waals surface area contributed by atoms with E-state index >= 15 is 0 Å². The van der Waals surface area contributed by atoms with Crippen LogP contribution in [0, 0.1) is 0 Å². The molecule has 182 valence electrons. The number of imidazole rings is 1. The summed E-state index contributed by atoms with van der Waals surface area (Å²) in [4.78, 5) is 22.0. The second-order valence-electron chi connectivity index (χ2n) is 7.54. The lowest BCUT2D eigenvalue weighted by Gasteiger charge is -2.20. The number of hydrogen-bond donors (Lipinski definition) is 3. The average Bonchev–Trinajstić information content (AvgIpc) is 3.32. The van der Waals surface area contributed by atoms with Crippen LogP contribution in [0.25, 0.3) is 11.4 Å². The lowest BCUT2D eigenvalue weighted by atomic mass is 10.2. The standard InChI is InChI=1S/C23H29N5O5S/c1-32-20-12-10-19(11-13-20)22-25-16-21(27-22)28(15-7-3-6-14-26-34(24,30)31)23(29)33-17-18-8-4-2-5-9-18/h2,4-5,8-13,16,26H,3,6-7,14-15,17H2,1H3,(H,25,27)(H2,24,30,31). The molecule has 0 aliphatic rings. The highest BCUT2D eigenvalue weighted by Crippen LogP contribution is 2.23. The largest absolute Gasteiger partial charge is 0.497 e. The minimum Gasteiger partial charge on any atom is -0.497 e. The number of nitrogens with zero attached hydrogens (tertiary/aromatic N) is 2. The summed E-state index contributed by atoms with van der Waals surface area (Å²) in [6.07, 6.45) is 2.99. The topological polar surface area (TPSA) is 140 Å². The highest BCUT2D eigenvalue weighted by Gasteiger charge is 2.20. The van der Waals surface area contributed by atoms with Crippen LogP contribution in [0.3, 0.4) is 0 Å². The minimum atomic E-state index is -3.70. The lowest BCUT2D eigenvalue weighted by Crippen LogP contribution is -2.33. The predicted octanol–water partition coefficient (Wildman–Crippen LogP) is 3.19. The molecule has 10 nitrogen and oxygen atoms in total. The van der Waals surface area contributed by atoms with Gasteiger partial charge < -0.3 is 14.5 Å². The highest BCUT2D eigenvalue weighted by atomic mass is 32.2. The lowest BCUT2D eigenvalue weighted by molar-refractivity contribution is 0.147. The van der Waals surface area contributed by atoms with Gasteiger partial charge in [-0.25, -0.2) is 19.6 Å². The van der Waals surface area contributed by atoms with Gasteiger partial charge in [0.2, 0.25) is 0 Å². The predicted molar refractivity (Wildman–Crippen MR) is 130 cm³/mol. The Hall–Kier alpha value is -3.41. The Morgan fingerprint density at radius 2 is 1.82 bits per heavy atom. The van der Waals surface area contributed by atoms with Crippen LogP contribution >= 0.6 is 0 Å². The smallest absolute Gasteiger partial charge is 0.415 e. The summed E-state index contributed by atoms with van der Waals surface area (Å²) >= 11 is 0. The van der Waals surface area contributed by atoms with Crippen molar-refractivity contribution in [3.8, 4) is 17.1 Å². The van der Waals surface area contributed by atoms with Crippen molar-refractivity contribution < 1.29 is 22.7 Å². The van der Waals surface area contributed by atoms with E-state index in [1.54, 1.807) is 13.3 Å². The van der Waals surface area contributed by atoms with Gasteiger partial charge in [-0.2, -0.15) is 8.42 Å². The number of hydrogen-bond acceptors (Lipinski definition) is 6. The van der Waals surface area contributed by atoms with Gasteiger partial charge in [-0.3, -0.25) is 4.90 Å². The molecule has 0 aliphatic heterocycles. The van der Waals surface area contributed by atoms with Gasteiger partial charge in [0.1, 0.15) is 24.0 Å². The van der Waals surface area contributed by atoms with E-state index in [9.17, 15) is 13.2 Å². The van der Waals surface area contributed by atoms with Crippen molar-refractivity contribution in [2.45, 2.75) is 25.9 Å². The summed E-state index contributed by atoms with van der Waals surface area (Å²) in [5.41, 5.74) is 1.73. The van der Waals surface area contributed by atoms with Crippen molar-refractivity contribution in [1.29, 1.82) is 0 Å². The highest BCUT2D eigenvalue weighted by molar-refractivity contribution is 7.87. The number of benzene rings is 2. The zero-order chi connectivity index (χ0) is 24.4. The number of methoxy groups -OCH3 is 1. The van der Waals surface area contributed by atoms with Crippen molar-refractivity contribution in [3.63, 3.8) is 0 Å². The average molecular weight is 488 g/mol. The van der Waals surface area contributed by atoms with Crippen molar-refractivity contribution in [2.24, 2.45) is 5.14 Å². The van der Waals surface area contributed by atoms with Gasteiger partial charge in [0.15, 0.2) is 0 Å². The van der Waals surface area contributed by atoms with Crippen LogP contribution in [-0.4, -0.2) is 44.7 Å². The molecule has 34 heavy (non-hydrogen) atoms. The molecule has 3 aromatic rings. The first-order chi connectivity index (χ1) is 16.4. The number of nitrogens with one attached hydrogen (secondary N) is 2. The summed E-state index contributed by atoms with van der Waals surface area (Å²) < 4.78 is 34.9. The number of H-pyrrole nitrogens is 1. The second-order valence-corrected chi connectivity index (χ2v) is 8.92. The molecule has 4 N–H and O–H groups in total. The first-order valence-electron chi connectivity index (χ1n) is 10.8.